The number of aromatic nitrogens is 2. The molecule has 0 aliphatic rings. The maximum Gasteiger partial charge on any atom is 0.326 e. The van der Waals surface area contributed by atoms with Crippen LogP contribution in [0, 0.1) is 0 Å². The van der Waals surface area contributed by atoms with Gasteiger partial charge in [-0.25, -0.2) is 4.79 Å². The summed E-state index contributed by atoms with van der Waals surface area (Å²) in [7, 11) is 0. The molecule has 0 aliphatic carbocycles. The SMILES string of the molecule is CC(Cc1ccccc1)[n+]1cc(NC(=O)Nc2cccc(Cl)c2)on1. The minimum absolute atomic E-state index is 0.0951. The van der Waals surface area contributed by atoms with Crippen molar-refractivity contribution in [1.82, 2.24) is 5.27 Å². The third-order valence-electron chi connectivity index (χ3n) is 3.63. The van der Waals surface area contributed by atoms with E-state index in [0.717, 1.165) is 6.42 Å². The van der Waals surface area contributed by atoms with Crippen molar-refractivity contribution in [2.45, 2.75) is 19.4 Å². The molecule has 1 atom stereocenters. The Balaban J connectivity index is 1.58. The Hall–Kier alpha value is -2.86. The second kappa shape index (κ2) is 7.81. The third-order valence-corrected chi connectivity index (χ3v) is 3.86. The fourth-order valence-electron chi connectivity index (χ4n) is 2.41. The zero-order valence-corrected chi connectivity index (χ0v) is 14.4. The predicted octanol–water partition coefficient (Wildman–Crippen LogP) is 4.06. The minimum Gasteiger partial charge on any atom is -0.308 e. The Morgan fingerprint density at radius 3 is 2.76 bits per heavy atom. The van der Waals surface area contributed by atoms with Gasteiger partial charge in [-0.15, -0.1) is 0 Å². The van der Waals surface area contributed by atoms with E-state index in [-0.39, 0.29) is 11.9 Å². The van der Waals surface area contributed by atoms with Crippen LogP contribution in [0.4, 0.5) is 16.4 Å². The predicted molar refractivity (Wildman–Crippen MR) is 95.6 cm³/mol. The highest BCUT2D eigenvalue weighted by atomic mass is 35.5. The Kier molecular flexibility index (Phi) is 5.30. The monoisotopic (exact) mass is 357 g/mol. The van der Waals surface area contributed by atoms with Crippen molar-refractivity contribution in [2.75, 3.05) is 10.6 Å². The number of amides is 2. The molecule has 2 amide bonds. The van der Waals surface area contributed by atoms with Crippen LogP contribution in [0.2, 0.25) is 5.02 Å². The van der Waals surface area contributed by atoms with Gasteiger partial charge in [-0.05, 0) is 28.4 Å². The molecular weight excluding hydrogens is 340 g/mol. The van der Waals surface area contributed by atoms with Crippen LogP contribution in [0.5, 0.6) is 0 Å². The Morgan fingerprint density at radius 1 is 1.20 bits per heavy atom. The van der Waals surface area contributed by atoms with Crippen molar-refractivity contribution in [2.24, 2.45) is 0 Å². The van der Waals surface area contributed by atoms with Gasteiger partial charge in [0, 0.05) is 24.1 Å². The van der Waals surface area contributed by atoms with Crippen molar-refractivity contribution in [1.29, 1.82) is 0 Å². The second-order valence-electron chi connectivity index (χ2n) is 5.67. The summed E-state index contributed by atoms with van der Waals surface area (Å²) in [5.74, 6) is 0.263. The van der Waals surface area contributed by atoms with Crippen LogP contribution in [-0.2, 0) is 6.42 Å². The van der Waals surface area contributed by atoms with Crippen LogP contribution >= 0.6 is 11.6 Å². The summed E-state index contributed by atoms with van der Waals surface area (Å²) in [4.78, 5) is 12.0. The highest BCUT2D eigenvalue weighted by molar-refractivity contribution is 6.30. The van der Waals surface area contributed by atoms with E-state index in [1.165, 1.54) is 5.56 Å². The van der Waals surface area contributed by atoms with E-state index in [1.807, 2.05) is 25.1 Å². The molecule has 3 rings (SSSR count). The first-order valence-electron chi connectivity index (χ1n) is 7.86. The zero-order valence-electron chi connectivity index (χ0n) is 13.6. The van der Waals surface area contributed by atoms with Gasteiger partial charge >= 0.3 is 11.9 Å². The average molecular weight is 358 g/mol. The van der Waals surface area contributed by atoms with E-state index >= 15 is 0 Å². The summed E-state index contributed by atoms with van der Waals surface area (Å²) in [6.07, 6.45) is 2.47. The van der Waals surface area contributed by atoms with Crippen LogP contribution in [-0.4, -0.2) is 11.3 Å². The summed E-state index contributed by atoms with van der Waals surface area (Å²) in [6, 6.07) is 16.7. The summed E-state index contributed by atoms with van der Waals surface area (Å²) >= 11 is 5.89. The molecule has 0 bridgehead atoms. The van der Waals surface area contributed by atoms with E-state index in [2.05, 4.69) is 28.0 Å². The molecule has 1 unspecified atom stereocenters. The molecule has 0 radical (unpaired) electrons. The van der Waals surface area contributed by atoms with Gasteiger partial charge in [0.15, 0.2) is 6.04 Å². The average Bonchev–Trinajstić information content (AvgIpc) is 3.04. The van der Waals surface area contributed by atoms with E-state index in [0.29, 0.717) is 10.7 Å². The second-order valence-corrected chi connectivity index (χ2v) is 6.11. The van der Waals surface area contributed by atoms with Crippen molar-refractivity contribution in [3.05, 3.63) is 71.4 Å². The van der Waals surface area contributed by atoms with Crippen molar-refractivity contribution >= 4 is 29.2 Å². The topological polar surface area (TPSA) is 71.0 Å². The van der Waals surface area contributed by atoms with Crippen molar-refractivity contribution < 1.29 is 14.0 Å². The molecule has 6 nitrogen and oxygen atoms in total. The lowest BCUT2D eigenvalue weighted by Gasteiger charge is -2.04. The van der Waals surface area contributed by atoms with E-state index in [1.54, 1.807) is 35.1 Å². The van der Waals surface area contributed by atoms with E-state index in [9.17, 15) is 4.79 Å². The largest absolute Gasteiger partial charge is 0.326 e. The van der Waals surface area contributed by atoms with Gasteiger partial charge in [0.2, 0.25) is 5.27 Å². The standard InChI is InChI=1S/C18H17ClN4O2/c1-13(10-14-6-3-2-4-7-14)23-12-17(25-22-23)21-18(24)20-16-9-5-8-15(19)11-16/h2-9,11-13H,10H2,1H3,(H-,20,21,22,24)/p+1. The summed E-state index contributed by atoms with van der Waals surface area (Å²) in [5.41, 5.74) is 1.80. The number of nitrogens with one attached hydrogen (secondary N) is 2. The van der Waals surface area contributed by atoms with Crippen molar-refractivity contribution in [3.63, 3.8) is 0 Å². The lowest BCUT2D eigenvalue weighted by Crippen LogP contribution is -2.40. The molecule has 2 aromatic carbocycles. The third kappa shape index (κ3) is 4.81. The number of benzene rings is 2. The molecule has 7 heteroatoms. The van der Waals surface area contributed by atoms with Crippen molar-refractivity contribution in [3.8, 4) is 0 Å². The van der Waals surface area contributed by atoms with Crippen LogP contribution in [0.25, 0.3) is 0 Å². The maximum absolute atomic E-state index is 12.0. The number of halogens is 1. The van der Waals surface area contributed by atoms with E-state index < -0.39 is 6.03 Å². The van der Waals surface area contributed by atoms with Gasteiger partial charge in [-0.1, -0.05) is 48.0 Å². The normalized spacial score (nSPS) is 11.8. The summed E-state index contributed by atoms with van der Waals surface area (Å²) in [6.45, 7) is 2.03. The van der Waals surface area contributed by atoms with Gasteiger partial charge in [-0.3, -0.25) is 9.84 Å². The van der Waals surface area contributed by atoms with Gasteiger partial charge in [0.05, 0.1) is 0 Å². The lowest BCUT2D eigenvalue weighted by atomic mass is 10.1. The fraction of sp³-hybridized carbons (Fsp3) is 0.167. The lowest BCUT2D eigenvalue weighted by molar-refractivity contribution is -0.782. The molecule has 128 valence electrons. The first kappa shape index (κ1) is 17.0. The number of anilines is 2. The minimum atomic E-state index is -0.429. The quantitative estimate of drug-likeness (QED) is 0.676. The summed E-state index contributed by atoms with van der Waals surface area (Å²) in [5, 5.41) is 9.79. The number of carbonyl (C=O) groups is 1. The molecule has 25 heavy (non-hydrogen) atoms. The van der Waals surface area contributed by atoms with Crippen LogP contribution in [0.15, 0.2) is 65.3 Å². The zero-order chi connectivity index (χ0) is 17.6. The Morgan fingerprint density at radius 2 is 2.00 bits per heavy atom. The number of urea groups is 1. The fourth-order valence-corrected chi connectivity index (χ4v) is 2.60. The first-order chi connectivity index (χ1) is 12.1. The molecule has 0 spiro atoms. The molecule has 1 aromatic heterocycles. The van der Waals surface area contributed by atoms with Gasteiger partial charge in [-0.2, -0.15) is 0 Å². The molecule has 1 heterocycles. The molecule has 0 fully saturated rings. The molecule has 2 N–H and O–H groups in total. The number of hydrogen-bond donors (Lipinski definition) is 2. The smallest absolute Gasteiger partial charge is 0.308 e. The number of hydrogen-bond acceptors (Lipinski definition) is 3. The highest BCUT2D eigenvalue weighted by Gasteiger charge is 2.21. The molecular formula is C18H18ClN4O2+. The first-order valence-corrected chi connectivity index (χ1v) is 8.23. The number of carbonyl (C=O) groups excluding carboxylic acids is 1. The van der Waals surface area contributed by atoms with Crippen LogP contribution in [0.1, 0.15) is 18.5 Å². The molecule has 0 aliphatic heterocycles. The highest BCUT2D eigenvalue weighted by Crippen LogP contribution is 2.15. The van der Waals surface area contributed by atoms with Gasteiger partial charge < -0.3 is 5.32 Å². The van der Waals surface area contributed by atoms with Gasteiger partial charge in [0.25, 0.3) is 6.20 Å². The van der Waals surface area contributed by atoms with Crippen LogP contribution < -0.4 is 15.3 Å². The number of rotatable bonds is 5. The Bertz CT molecular complexity index is 851. The molecule has 0 saturated heterocycles. The Labute approximate surface area is 150 Å². The maximum atomic E-state index is 12.0. The summed E-state index contributed by atoms with van der Waals surface area (Å²) < 4.78 is 6.85. The molecule has 0 saturated carbocycles. The molecule has 3 aromatic rings. The number of nitrogens with zero attached hydrogens (tertiary/aromatic N) is 2. The van der Waals surface area contributed by atoms with Gasteiger partial charge in [0.1, 0.15) is 0 Å². The van der Waals surface area contributed by atoms with E-state index in [4.69, 9.17) is 16.1 Å². The van der Waals surface area contributed by atoms with Crippen LogP contribution in [0.3, 0.4) is 0 Å².